The van der Waals surface area contributed by atoms with Gasteiger partial charge in [0.2, 0.25) is 0 Å². The van der Waals surface area contributed by atoms with E-state index in [1.54, 1.807) is 0 Å². The van der Waals surface area contributed by atoms with Crippen LogP contribution in [0.3, 0.4) is 0 Å². The Morgan fingerprint density at radius 2 is 2.00 bits per heavy atom. The molecule has 108 valence electrons. The van der Waals surface area contributed by atoms with Crippen LogP contribution in [0.1, 0.15) is 32.1 Å². The van der Waals surface area contributed by atoms with Crippen molar-refractivity contribution in [2.24, 2.45) is 5.92 Å². The van der Waals surface area contributed by atoms with Crippen molar-refractivity contribution in [2.75, 3.05) is 45.9 Å². The van der Waals surface area contributed by atoms with Crippen molar-refractivity contribution in [3.05, 3.63) is 0 Å². The van der Waals surface area contributed by atoms with Crippen LogP contribution in [0.2, 0.25) is 0 Å². The Morgan fingerprint density at radius 1 is 1.16 bits per heavy atom. The summed E-state index contributed by atoms with van der Waals surface area (Å²) >= 11 is 0. The van der Waals surface area contributed by atoms with Crippen molar-refractivity contribution < 1.29 is 9.53 Å². The summed E-state index contributed by atoms with van der Waals surface area (Å²) in [4.78, 5) is 17.0. The molecule has 4 nitrogen and oxygen atoms in total. The molecule has 2 atom stereocenters. The minimum Gasteiger partial charge on any atom is -0.380 e. The van der Waals surface area contributed by atoms with E-state index in [0.29, 0.717) is 25.4 Å². The molecule has 0 amide bonds. The molecule has 0 radical (unpaired) electrons. The molecule has 0 aromatic carbocycles. The third kappa shape index (κ3) is 3.36. The number of ether oxygens (including phenoxy) is 1. The smallest absolute Gasteiger partial charge is 0.141 e. The quantitative estimate of drug-likeness (QED) is 0.767. The molecule has 3 heterocycles. The van der Waals surface area contributed by atoms with E-state index in [-0.39, 0.29) is 5.92 Å². The SMILES string of the molecule is O=C1CCOCC1CN1CCC(N2CCCCC2)C1. The number of carbonyl (C=O) groups excluding carboxylic acids is 1. The number of piperidine rings is 1. The molecule has 0 aromatic rings. The first-order chi connectivity index (χ1) is 9.33. The predicted molar refractivity (Wildman–Crippen MR) is 74.2 cm³/mol. The number of ketones is 1. The second-order valence-corrected chi connectivity index (χ2v) is 6.29. The Balaban J connectivity index is 1.47. The minimum atomic E-state index is 0.133. The molecule has 0 aromatic heterocycles. The molecule has 0 aliphatic carbocycles. The monoisotopic (exact) mass is 266 g/mol. The molecule has 3 aliphatic rings. The van der Waals surface area contributed by atoms with Gasteiger partial charge in [0.15, 0.2) is 0 Å². The Bertz CT molecular complexity index is 315. The lowest BCUT2D eigenvalue weighted by atomic mass is 10.0. The van der Waals surface area contributed by atoms with Gasteiger partial charge in [0.05, 0.1) is 19.1 Å². The fourth-order valence-electron chi connectivity index (χ4n) is 3.72. The van der Waals surface area contributed by atoms with Crippen LogP contribution in [0.5, 0.6) is 0 Å². The maximum absolute atomic E-state index is 11.8. The lowest BCUT2D eigenvalue weighted by molar-refractivity contribution is -0.131. The standard InChI is InChI=1S/C15H26N2O2/c18-15-5-9-19-12-13(15)10-16-8-4-14(11-16)17-6-2-1-3-7-17/h13-14H,1-12H2. The lowest BCUT2D eigenvalue weighted by Gasteiger charge is -2.32. The van der Waals surface area contributed by atoms with Gasteiger partial charge in [-0.15, -0.1) is 0 Å². The summed E-state index contributed by atoms with van der Waals surface area (Å²) < 4.78 is 5.45. The molecule has 3 rings (SSSR count). The number of likely N-dealkylation sites (tertiary alicyclic amines) is 2. The number of carbonyl (C=O) groups is 1. The summed E-state index contributed by atoms with van der Waals surface area (Å²) in [6.07, 6.45) is 6.04. The van der Waals surface area contributed by atoms with Crippen molar-refractivity contribution in [3.8, 4) is 0 Å². The molecule has 3 fully saturated rings. The number of hydrogen-bond donors (Lipinski definition) is 0. The normalized spacial score (nSPS) is 34.8. The summed E-state index contributed by atoms with van der Waals surface area (Å²) in [5, 5.41) is 0. The third-order valence-corrected chi connectivity index (χ3v) is 4.90. The van der Waals surface area contributed by atoms with Crippen molar-refractivity contribution in [1.29, 1.82) is 0 Å². The fourth-order valence-corrected chi connectivity index (χ4v) is 3.72. The number of nitrogens with zero attached hydrogens (tertiary/aromatic N) is 2. The second-order valence-electron chi connectivity index (χ2n) is 6.29. The van der Waals surface area contributed by atoms with Crippen LogP contribution < -0.4 is 0 Å². The molecule has 0 N–H and O–H groups in total. The van der Waals surface area contributed by atoms with Gasteiger partial charge in [0.25, 0.3) is 0 Å². The van der Waals surface area contributed by atoms with Gasteiger partial charge < -0.3 is 9.64 Å². The second kappa shape index (κ2) is 6.33. The molecular formula is C15H26N2O2. The molecule has 19 heavy (non-hydrogen) atoms. The van der Waals surface area contributed by atoms with E-state index < -0.39 is 0 Å². The minimum absolute atomic E-state index is 0.133. The highest BCUT2D eigenvalue weighted by molar-refractivity contribution is 5.82. The molecule has 0 spiro atoms. The van der Waals surface area contributed by atoms with Crippen molar-refractivity contribution >= 4 is 5.78 Å². The highest BCUT2D eigenvalue weighted by Gasteiger charge is 2.32. The van der Waals surface area contributed by atoms with Gasteiger partial charge in [0, 0.05) is 25.6 Å². The van der Waals surface area contributed by atoms with E-state index in [2.05, 4.69) is 9.80 Å². The van der Waals surface area contributed by atoms with Crippen LogP contribution in [0.15, 0.2) is 0 Å². The lowest BCUT2D eigenvalue weighted by Crippen LogP contribution is -2.42. The summed E-state index contributed by atoms with van der Waals surface area (Å²) in [6.45, 7) is 7.07. The zero-order valence-corrected chi connectivity index (χ0v) is 11.9. The van der Waals surface area contributed by atoms with E-state index in [1.165, 1.54) is 38.8 Å². The Hall–Kier alpha value is -0.450. The number of rotatable bonds is 3. The summed E-state index contributed by atoms with van der Waals surface area (Å²) in [5.74, 6) is 0.543. The average molecular weight is 266 g/mol. The van der Waals surface area contributed by atoms with Crippen molar-refractivity contribution in [2.45, 2.75) is 38.1 Å². The predicted octanol–water partition coefficient (Wildman–Crippen LogP) is 1.15. The number of Topliss-reactive ketones (excluding diaryl/α,β-unsaturated/α-hetero) is 1. The maximum atomic E-state index is 11.8. The number of hydrogen-bond acceptors (Lipinski definition) is 4. The van der Waals surface area contributed by atoms with Gasteiger partial charge in [-0.1, -0.05) is 6.42 Å². The highest BCUT2D eigenvalue weighted by Crippen LogP contribution is 2.22. The Kier molecular flexibility index (Phi) is 4.51. The molecular weight excluding hydrogens is 240 g/mol. The molecule has 0 saturated carbocycles. The van der Waals surface area contributed by atoms with Crippen LogP contribution in [0, 0.1) is 5.92 Å². The fraction of sp³-hybridized carbons (Fsp3) is 0.933. The largest absolute Gasteiger partial charge is 0.380 e. The van der Waals surface area contributed by atoms with Crippen LogP contribution in [-0.4, -0.2) is 67.6 Å². The van der Waals surface area contributed by atoms with Gasteiger partial charge in [-0.05, 0) is 38.9 Å². The van der Waals surface area contributed by atoms with Crippen LogP contribution in [0.25, 0.3) is 0 Å². The first-order valence-corrected chi connectivity index (χ1v) is 7.90. The molecule has 2 unspecified atom stereocenters. The van der Waals surface area contributed by atoms with E-state index in [9.17, 15) is 4.79 Å². The van der Waals surface area contributed by atoms with Gasteiger partial charge in [-0.25, -0.2) is 0 Å². The van der Waals surface area contributed by atoms with E-state index in [1.807, 2.05) is 0 Å². The van der Waals surface area contributed by atoms with E-state index in [0.717, 1.165) is 25.7 Å². The van der Waals surface area contributed by atoms with E-state index in [4.69, 9.17) is 4.74 Å². The van der Waals surface area contributed by atoms with Gasteiger partial charge in [0.1, 0.15) is 5.78 Å². The Labute approximate surface area is 116 Å². The zero-order chi connectivity index (χ0) is 13.1. The first kappa shape index (κ1) is 13.5. The van der Waals surface area contributed by atoms with Gasteiger partial charge in [-0.2, -0.15) is 0 Å². The van der Waals surface area contributed by atoms with Crippen LogP contribution in [0.4, 0.5) is 0 Å². The van der Waals surface area contributed by atoms with Gasteiger partial charge >= 0.3 is 0 Å². The first-order valence-electron chi connectivity index (χ1n) is 7.90. The van der Waals surface area contributed by atoms with Crippen molar-refractivity contribution in [3.63, 3.8) is 0 Å². The third-order valence-electron chi connectivity index (χ3n) is 4.90. The maximum Gasteiger partial charge on any atom is 0.141 e. The molecule has 4 heteroatoms. The van der Waals surface area contributed by atoms with Crippen LogP contribution in [-0.2, 0) is 9.53 Å². The molecule has 0 bridgehead atoms. The Morgan fingerprint density at radius 3 is 2.79 bits per heavy atom. The molecule has 3 saturated heterocycles. The average Bonchev–Trinajstić information content (AvgIpc) is 2.91. The van der Waals surface area contributed by atoms with Gasteiger partial charge in [-0.3, -0.25) is 9.69 Å². The van der Waals surface area contributed by atoms with Crippen LogP contribution >= 0.6 is 0 Å². The van der Waals surface area contributed by atoms with Crippen molar-refractivity contribution in [1.82, 2.24) is 9.80 Å². The molecule has 3 aliphatic heterocycles. The van der Waals surface area contributed by atoms with E-state index >= 15 is 0 Å². The summed E-state index contributed by atoms with van der Waals surface area (Å²) in [6, 6.07) is 0.736. The topological polar surface area (TPSA) is 32.8 Å². The zero-order valence-electron chi connectivity index (χ0n) is 11.9. The summed E-state index contributed by atoms with van der Waals surface area (Å²) in [7, 11) is 0. The highest BCUT2D eigenvalue weighted by atomic mass is 16.5. The summed E-state index contributed by atoms with van der Waals surface area (Å²) in [5.41, 5.74) is 0.